The maximum Gasteiger partial charge on any atom is 0.0698 e. The van der Waals surface area contributed by atoms with E-state index < -0.39 is 0 Å². The monoisotopic (exact) mass is 250 g/mol. The number of piperidine rings is 3. The van der Waals surface area contributed by atoms with Gasteiger partial charge in [-0.1, -0.05) is 0 Å². The van der Waals surface area contributed by atoms with Gasteiger partial charge in [0.25, 0.3) is 0 Å². The van der Waals surface area contributed by atoms with Gasteiger partial charge >= 0.3 is 0 Å². The highest BCUT2D eigenvalue weighted by Crippen LogP contribution is 2.46. The predicted octanol–water partition coefficient (Wildman–Crippen LogP) is 1.22. The summed E-state index contributed by atoms with van der Waals surface area (Å²) in [6, 6.07) is 1.25. The van der Waals surface area contributed by atoms with Crippen molar-refractivity contribution in [3.05, 3.63) is 0 Å². The van der Waals surface area contributed by atoms with Crippen LogP contribution < -0.4 is 5.32 Å². The van der Waals surface area contributed by atoms with Crippen molar-refractivity contribution in [3.8, 4) is 0 Å². The first-order valence-corrected chi connectivity index (χ1v) is 7.98. The Morgan fingerprint density at radius 2 is 2.00 bits per heavy atom. The van der Waals surface area contributed by atoms with Crippen LogP contribution in [0.15, 0.2) is 0 Å². The molecule has 1 aliphatic carbocycles. The smallest absolute Gasteiger partial charge is 0.0698 e. The largest absolute Gasteiger partial charge is 0.391 e. The third-order valence-electron chi connectivity index (χ3n) is 6.12. The number of aliphatic hydroxyl groups is 1. The molecule has 0 radical (unpaired) electrons. The number of rotatable bonds is 0. The lowest BCUT2D eigenvalue weighted by atomic mass is 9.62. The van der Waals surface area contributed by atoms with Crippen LogP contribution in [-0.4, -0.2) is 47.8 Å². The minimum absolute atomic E-state index is 0.0511. The van der Waals surface area contributed by atoms with Crippen LogP contribution in [-0.2, 0) is 0 Å². The van der Waals surface area contributed by atoms with Crippen molar-refractivity contribution in [3.63, 3.8) is 0 Å². The van der Waals surface area contributed by atoms with E-state index in [4.69, 9.17) is 0 Å². The molecule has 3 saturated heterocycles. The Hall–Kier alpha value is -0.120. The third kappa shape index (κ3) is 1.75. The average Bonchev–Trinajstić information content (AvgIpc) is 2.39. The molecule has 0 aromatic rings. The van der Waals surface area contributed by atoms with Gasteiger partial charge < -0.3 is 10.4 Å². The minimum atomic E-state index is -0.0511. The van der Waals surface area contributed by atoms with Crippen LogP contribution in [0, 0.1) is 17.8 Å². The molecule has 3 aliphatic heterocycles. The van der Waals surface area contributed by atoms with Crippen molar-refractivity contribution < 1.29 is 5.11 Å². The summed E-state index contributed by atoms with van der Waals surface area (Å²) >= 11 is 0. The number of hydrogen-bond donors (Lipinski definition) is 2. The number of fused-ring (bicyclic) bond motifs is 6. The molecular formula is C15H26N2O. The van der Waals surface area contributed by atoms with E-state index in [9.17, 15) is 5.11 Å². The normalized spacial score (nSPS) is 52.5. The number of nitrogens with zero attached hydrogens (tertiary/aromatic N) is 1. The van der Waals surface area contributed by atoms with Crippen molar-refractivity contribution in [2.45, 2.75) is 56.7 Å². The Morgan fingerprint density at radius 1 is 1.06 bits per heavy atom. The Balaban J connectivity index is 1.58. The van der Waals surface area contributed by atoms with Crippen LogP contribution in [0.25, 0.3) is 0 Å². The molecule has 6 atom stereocenters. The molecule has 3 nitrogen and oxygen atoms in total. The SMILES string of the molecule is O[C@H]1CCCN2C[C@H]3C[C@H](C[C@@H]4NCCC[C@@H]34)[C@@H]12. The summed E-state index contributed by atoms with van der Waals surface area (Å²) in [6.45, 7) is 3.72. The molecule has 18 heavy (non-hydrogen) atoms. The molecule has 0 unspecified atom stereocenters. The highest BCUT2D eigenvalue weighted by molar-refractivity contribution is 5.03. The molecule has 0 spiro atoms. The fourth-order valence-corrected chi connectivity index (χ4v) is 5.47. The van der Waals surface area contributed by atoms with E-state index in [0.717, 1.165) is 30.2 Å². The molecule has 3 heterocycles. The van der Waals surface area contributed by atoms with Crippen LogP contribution in [0.5, 0.6) is 0 Å². The molecule has 0 aromatic carbocycles. The Bertz CT molecular complexity index is 322. The quantitative estimate of drug-likeness (QED) is 0.678. The zero-order chi connectivity index (χ0) is 12.1. The van der Waals surface area contributed by atoms with Gasteiger partial charge in [0.15, 0.2) is 0 Å². The van der Waals surface area contributed by atoms with Crippen molar-refractivity contribution in [1.82, 2.24) is 10.2 Å². The zero-order valence-corrected chi connectivity index (χ0v) is 11.2. The van der Waals surface area contributed by atoms with E-state index in [1.54, 1.807) is 0 Å². The van der Waals surface area contributed by atoms with E-state index in [1.807, 2.05) is 0 Å². The summed E-state index contributed by atoms with van der Waals surface area (Å²) in [5.74, 6) is 2.59. The van der Waals surface area contributed by atoms with Crippen LogP contribution in [0.4, 0.5) is 0 Å². The molecular weight excluding hydrogens is 224 g/mol. The van der Waals surface area contributed by atoms with Gasteiger partial charge in [-0.15, -0.1) is 0 Å². The first-order valence-electron chi connectivity index (χ1n) is 7.98. The van der Waals surface area contributed by atoms with Crippen molar-refractivity contribution in [1.29, 1.82) is 0 Å². The second kappa shape index (κ2) is 4.46. The standard InChI is InChI=1S/C15H26N2O/c18-14-4-2-6-17-9-11-7-10(15(14)17)8-13-12(11)3-1-5-16-13/h10-16,18H,1-9H2/t10-,11-,12+,13+,14+,15+/m1/s1. The van der Waals surface area contributed by atoms with Crippen molar-refractivity contribution >= 4 is 0 Å². The Labute approximate surface area is 110 Å². The maximum absolute atomic E-state index is 10.4. The van der Waals surface area contributed by atoms with Gasteiger partial charge in [0.1, 0.15) is 0 Å². The van der Waals surface area contributed by atoms with Crippen LogP contribution >= 0.6 is 0 Å². The van der Waals surface area contributed by atoms with Gasteiger partial charge in [-0.3, -0.25) is 4.90 Å². The van der Waals surface area contributed by atoms with Gasteiger partial charge in [0.2, 0.25) is 0 Å². The van der Waals surface area contributed by atoms with E-state index in [2.05, 4.69) is 10.2 Å². The second-order valence-corrected chi connectivity index (χ2v) is 7.05. The third-order valence-corrected chi connectivity index (χ3v) is 6.12. The van der Waals surface area contributed by atoms with Gasteiger partial charge in [-0.05, 0) is 69.4 Å². The van der Waals surface area contributed by atoms with Gasteiger partial charge in [-0.2, -0.15) is 0 Å². The van der Waals surface area contributed by atoms with Crippen molar-refractivity contribution in [2.75, 3.05) is 19.6 Å². The summed E-state index contributed by atoms with van der Waals surface area (Å²) in [5.41, 5.74) is 0. The lowest BCUT2D eigenvalue weighted by molar-refractivity contribution is -0.0945. The van der Waals surface area contributed by atoms with E-state index in [-0.39, 0.29) is 6.10 Å². The van der Waals surface area contributed by atoms with Crippen molar-refractivity contribution in [2.24, 2.45) is 17.8 Å². The van der Waals surface area contributed by atoms with E-state index in [1.165, 1.54) is 51.7 Å². The first-order chi connectivity index (χ1) is 8.83. The lowest BCUT2D eigenvalue weighted by Crippen LogP contribution is -2.63. The highest BCUT2D eigenvalue weighted by atomic mass is 16.3. The van der Waals surface area contributed by atoms with Crippen LogP contribution in [0.2, 0.25) is 0 Å². The van der Waals surface area contributed by atoms with E-state index >= 15 is 0 Å². The van der Waals surface area contributed by atoms with E-state index in [0.29, 0.717) is 6.04 Å². The van der Waals surface area contributed by atoms with Crippen LogP contribution in [0.1, 0.15) is 38.5 Å². The van der Waals surface area contributed by atoms with Gasteiger partial charge in [-0.25, -0.2) is 0 Å². The molecule has 0 amide bonds. The molecule has 3 heteroatoms. The fraction of sp³-hybridized carbons (Fsp3) is 1.00. The minimum Gasteiger partial charge on any atom is -0.391 e. The number of aliphatic hydroxyl groups excluding tert-OH is 1. The lowest BCUT2D eigenvalue weighted by Gasteiger charge is -2.57. The number of nitrogens with one attached hydrogen (secondary N) is 1. The summed E-state index contributed by atoms with van der Waals surface area (Å²) < 4.78 is 0. The summed E-state index contributed by atoms with van der Waals surface area (Å²) in [7, 11) is 0. The second-order valence-electron chi connectivity index (χ2n) is 7.05. The molecule has 1 saturated carbocycles. The molecule has 2 bridgehead atoms. The Morgan fingerprint density at radius 3 is 2.94 bits per heavy atom. The molecule has 102 valence electrons. The molecule has 4 rings (SSSR count). The fourth-order valence-electron chi connectivity index (χ4n) is 5.47. The topological polar surface area (TPSA) is 35.5 Å². The molecule has 0 aromatic heterocycles. The summed E-state index contributed by atoms with van der Waals surface area (Å²) in [5, 5.41) is 14.1. The maximum atomic E-state index is 10.4. The summed E-state index contributed by atoms with van der Waals surface area (Å²) in [6.07, 6.45) is 7.70. The van der Waals surface area contributed by atoms with Crippen LogP contribution in [0.3, 0.4) is 0 Å². The molecule has 4 fully saturated rings. The Kier molecular flexibility index (Phi) is 2.90. The predicted molar refractivity (Wildman–Crippen MR) is 71.3 cm³/mol. The molecule has 4 aliphatic rings. The summed E-state index contributed by atoms with van der Waals surface area (Å²) in [4.78, 5) is 2.64. The van der Waals surface area contributed by atoms with Gasteiger partial charge in [0.05, 0.1) is 6.10 Å². The highest BCUT2D eigenvalue weighted by Gasteiger charge is 2.49. The first kappa shape index (κ1) is 11.7. The average molecular weight is 250 g/mol. The number of hydrogen-bond acceptors (Lipinski definition) is 3. The molecule has 2 N–H and O–H groups in total. The van der Waals surface area contributed by atoms with Gasteiger partial charge in [0, 0.05) is 18.6 Å². The zero-order valence-electron chi connectivity index (χ0n) is 11.2.